The van der Waals surface area contributed by atoms with Gasteiger partial charge in [0.15, 0.2) is 0 Å². The lowest BCUT2D eigenvalue weighted by atomic mass is 10.2. The molecule has 0 aliphatic carbocycles. The van der Waals surface area contributed by atoms with E-state index >= 15 is 0 Å². The van der Waals surface area contributed by atoms with Gasteiger partial charge in [0.2, 0.25) is 0 Å². The van der Waals surface area contributed by atoms with E-state index in [-0.39, 0.29) is 17.7 Å². The molecule has 3 aromatic rings. The van der Waals surface area contributed by atoms with Crippen LogP contribution in [0.4, 0.5) is 20.4 Å². The molecule has 0 atom stereocenters. The van der Waals surface area contributed by atoms with Gasteiger partial charge in [0.25, 0.3) is 5.95 Å². The van der Waals surface area contributed by atoms with Gasteiger partial charge in [-0.3, -0.25) is 4.84 Å². The van der Waals surface area contributed by atoms with Gasteiger partial charge in [-0.1, -0.05) is 18.2 Å². The summed E-state index contributed by atoms with van der Waals surface area (Å²) in [7, 11) is 0. The van der Waals surface area contributed by atoms with E-state index in [1.807, 2.05) is 38.1 Å². The molecule has 0 unspecified atom stereocenters. The molecule has 0 aliphatic heterocycles. The molecule has 0 N–H and O–H groups in total. The summed E-state index contributed by atoms with van der Waals surface area (Å²) < 4.78 is 27.1. The summed E-state index contributed by atoms with van der Waals surface area (Å²) in [6, 6.07) is 10.6. The van der Waals surface area contributed by atoms with E-state index < -0.39 is 11.6 Å². The molecular formula is C17H15F2N3O. The Labute approximate surface area is 132 Å². The summed E-state index contributed by atoms with van der Waals surface area (Å²) in [5.41, 5.74) is 0.901. The number of para-hydroxylation sites is 1. The van der Waals surface area contributed by atoms with Crippen molar-refractivity contribution in [3.05, 3.63) is 60.3 Å². The third kappa shape index (κ3) is 3.43. The Morgan fingerprint density at radius 2 is 1.74 bits per heavy atom. The molecule has 1 aromatic heterocycles. The van der Waals surface area contributed by atoms with Crippen LogP contribution in [-0.2, 0) is 4.84 Å². The molecule has 23 heavy (non-hydrogen) atoms. The van der Waals surface area contributed by atoms with E-state index in [1.54, 1.807) is 6.20 Å². The Hall–Kier alpha value is -2.60. The third-order valence-corrected chi connectivity index (χ3v) is 3.06. The zero-order valence-electron chi connectivity index (χ0n) is 12.7. The molecule has 0 fully saturated rings. The highest BCUT2D eigenvalue weighted by Crippen LogP contribution is 2.26. The highest BCUT2D eigenvalue weighted by molar-refractivity contribution is 5.78. The van der Waals surface area contributed by atoms with Gasteiger partial charge in [-0.15, -0.1) is 0 Å². The average molecular weight is 315 g/mol. The minimum atomic E-state index is -0.696. The van der Waals surface area contributed by atoms with E-state index in [0.29, 0.717) is 5.52 Å². The molecule has 6 heteroatoms. The smallest absolute Gasteiger partial charge is 0.255 e. The van der Waals surface area contributed by atoms with E-state index in [2.05, 4.69) is 9.97 Å². The van der Waals surface area contributed by atoms with Crippen LogP contribution in [-0.4, -0.2) is 16.1 Å². The van der Waals surface area contributed by atoms with Gasteiger partial charge in [0.1, 0.15) is 11.6 Å². The molecule has 4 nitrogen and oxygen atoms in total. The van der Waals surface area contributed by atoms with Crippen molar-refractivity contribution >= 4 is 22.5 Å². The second-order valence-electron chi connectivity index (χ2n) is 5.31. The first-order valence-electron chi connectivity index (χ1n) is 7.18. The largest absolute Gasteiger partial charge is 0.263 e. The predicted octanol–water partition coefficient (Wildman–Crippen LogP) is 4.39. The lowest BCUT2D eigenvalue weighted by molar-refractivity contribution is 0.0764. The van der Waals surface area contributed by atoms with Crippen LogP contribution in [0.3, 0.4) is 0 Å². The number of anilines is 2. The van der Waals surface area contributed by atoms with E-state index in [1.165, 1.54) is 17.2 Å². The monoisotopic (exact) mass is 315 g/mol. The summed E-state index contributed by atoms with van der Waals surface area (Å²) in [4.78, 5) is 14.3. The fourth-order valence-corrected chi connectivity index (χ4v) is 2.15. The highest BCUT2D eigenvalue weighted by atomic mass is 19.1. The first-order chi connectivity index (χ1) is 11.0. The number of hydrogen-bond acceptors (Lipinski definition) is 4. The Bertz CT molecular complexity index is 819. The molecule has 0 spiro atoms. The molecule has 0 amide bonds. The minimum Gasteiger partial charge on any atom is -0.263 e. The van der Waals surface area contributed by atoms with E-state index in [4.69, 9.17) is 4.84 Å². The molecule has 1 heterocycles. The Morgan fingerprint density at radius 1 is 1.04 bits per heavy atom. The van der Waals surface area contributed by atoms with Crippen LogP contribution >= 0.6 is 0 Å². The molecule has 0 bridgehead atoms. The highest BCUT2D eigenvalue weighted by Gasteiger charge is 2.17. The fraction of sp³-hybridized carbons (Fsp3) is 0.176. The van der Waals surface area contributed by atoms with Crippen LogP contribution in [0.25, 0.3) is 10.9 Å². The van der Waals surface area contributed by atoms with Crippen molar-refractivity contribution in [2.75, 3.05) is 5.06 Å². The van der Waals surface area contributed by atoms with Crippen LogP contribution in [0.1, 0.15) is 13.8 Å². The summed E-state index contributed by atoms with van der Waals surface area (Å²) in [5.74, 6) is -1.18. The summed E-state index contributed by atoms with van der Waals surface area (Å²) in [5, 5.41) is 2.11. The van der Waals surface area contributed by atoms with Crippen molar-refractivity contribution < 1.29 is 13.6 Å². The van der Waals surface area contributed by atoms with Crippen molar-refractivity contribution in [2.24, 2.45) is 0 Å². The Morgan fingerprint density at radius 3 is 2.43 bits per heavy atom. The van der Waals surface area contributed by atoms with Crippen LogP contribution in [0, 0.1) is 11.6 Å². The van der Waals surface area contributed by atoms with Crippen LogP contribution in [0.15, 0.2) is 48.7 Å². The first-order valence-corrected chi connectivity index (χ1v) is 7.18. The lowest BCUT2D eigenvalue weighted by Gasteiger charge is -2.24. The van der Waals surface area contributed by atoms with Crippen LogP contribution in [0.5, 0.6) is 0 Å². The van der Waals surface area contributed by atoms with Crippen LogP contribution < -0.4 is 5.06 Å². The van der Waals surface area contributed by atoms with Gasteiger partial charge in [-0.25, -0.2) is 18.7 Å². The van der Waals surface area contributed by atoms with Crippen molar-refractivity contribution in [2.45, 2.75) is 20.0 Å². The molecule has 3 rings (SSSR count). The molecule has 0 aliphatic rings. The van der Waals surface area contributed by atoms with Gasteiger partial charge >= 0.3 is 0 Å². The van der Waals surface area contributed by atoms with Gasteiger partial charge < -0.3 is 0 Å². The lowest BCUT2D eigenvalue weighted by Crippen LogP contribution is -2.24. The molecule has 0 radical (unpaired) electrons. The quantitative estimate of drug-likeness (QED) is 0.669. The molecule has 0 saturated heterocycles. The standard InChI is InChI=1S/C17H15F2N3O/c1-11(2)23-22(15-8-13(18)7-14(19)9-15)17-20-10-12-5-3-4-6-16(12)21-17/h3-11H,1-2H3. The van der Waals surface area contributed by atoms with Crippen LogP contribution in [0.2, 0.25) is 0 Å². The fourth-order valence-electron chi connectivity index (χ4n) is 2.15. The second kappa shape index (κ2) is 6.26. The molecule has 0 saturated carbocycles. The predicted molar refractivity (Wildman–Crippen MR) is 84.3 cm³/mol. The maximum absolute atomic E-state index is 13.5. The number of fused-ring (bicyclic) bond motifs is 1. The summed E-state index contributed by atoms with van der Waals surface area (Å²) >= 11 is 0. The number of hydrogen-bond donors (Lipinski definition) is 0. The summed E-state index contributed by atoms with van der Waals surface area (Å²) in [6.07, 6.45) is 1.42. The van der Waals surface area contributed by atoms with Gasteiger partial charge in [0, 0.05) is 29.8 Å². The normalized spacial score (nSPS) is 11.2. The van der Waals surface area contributed by atoms with E-state index in [0.717, 1.165) is 11.5 Å². The second-order valence-corrected chi connectivity index (χ2v) is 5.31. The number of nitrogens with zero attached hydrogens (tertiary/aromatic N) is 3. The minimum absolute atomic E-state index is 0.187. The molecule has 118 valence electrons. The number of aromatic nitrogens is 2. The number of benzene rings is 2. The zero-order chi connectivity index (χ0) is 16.4. The van der Waals surface area contributed by atoms with Gasteiger partial charge in [-0.05, 0) is 19.9 Å². The molecule has 2 aromatic carbocycles. The maximum Gasteiger partial charge on any atom is 0.255 e. The average Bonchev–Trinajstić information content (AvgIpc) is 2.51. The van der Waals surface area contributed by atoms with Crippen molar-refractivity contribution in [1.29, 1.82) is 0 Å². The van der Waals surface area contributed by atoms with Gasteiger partial charge in [0.05, 0.1) is 17.3 Å². The Kier molecular flexibility index (Phi) is 4.16. The number of rotatable bonds is 4. The van der Waals surface area contributed by atoms with Gasteiger partial charge in [-0.2, -0.15) is 5.06 Å². The zero-order valence-corrected chi connectivity index (χ0v) is 12.7. The maximum atomic E-state index is 13.5. The van der Waals surface area contributed by atoms with E-state index in [9.17, 15) is 8.78 Å². The SMILES string of the molecule is CC(C)ON(c1cc(F)cc(F)c1)c1ncc2ccccc2n1. The first kappa shape index (κ1) is 15.3. The number of halogens is 2. The third-order valence-electron chi connectivity index (χ3n) is 3.06. The Balaban J connectivity index is 2.09. The van der Waals surface area contributed by atoms with Crippen molar-refractivity contribution in [1.82, 2.24) is 9.97 Å². The van der Waals surface area contributed by atoms with Crippen molar-refractivity contribution in [3.8, 4) is 0 Å². The topological polar surface area (TPSA) is 38.2 Å². The molecular weight excluding hydrogens is 300 g/mol. The summed E-state index contributed by atoms with van der Waals surface area (Å²) in [6.45, 7) is 3.62. The van der Waals surface area contributed by atoms with Crippen molar-refractivity contribution in [3.63, 3.8) is 0 Å².